The summed E-state index contributed by atoms with van der Waals surface area (Å²) in [5.41, 5.74) is 7.04. The first-order valence-electron chi connectivity index (χ1n) is 7.92. The van der Waals surface area contributed by atoms with Gasteiger partial charge in [0.25, 0.3) is 0 Å². The van der Waals surface area contributed by atoms with Crippen LogP contribution < -0.4 is 0 Å². The molecule has 3 rings (SSSR count). The molecule has 1 fully saturated rings. The standard InChI is InChI=1S/C19H26O/c1-6-7-8-15-12(2)11-16-13(3)18(5,20)19(9-10-19)14(4)17(15)16/h11,20H,3,6-10H2,1-2,4-5H3/t18-/m0/s1. The molecule has 1 N–H and O–H groups in total. The zero-order valence-electron chi connectivity index (χ0n) is 13.3. The number of rotatable bonds is 3. The molecule has 0 heterocycles. The van der Waals surface area contributed by atoms with Crippen molar-refractivity contribution in [3.63, 3.8) is 0 Å². The Balaban J connectivity index is 2.13. The van der Waals surface area contributed by atoms with Gasteiger partial charge in [-0.3, -0.25) is 0 Å². The van der Waals surface area contributed by atoms with E-state index in [0.29, 0.717) is 0 Å². The summed E-state index contributed by atoms with van der Waals surface area (Å²) in [7, 11) is 0. The van der Waals surface area contributed by atoms with Crippen molar-refractivity contribution >= 4 is 0 Å². The molecule has 0 unspecified atom stereocenters. The normalized spacial score (nSPS) is 31.1. The second kappa shape index (κ2) is 4.21. The number of allylic oxidation sites excluding steroid dienone is 4. The zero-order valence-corrected chi connectivity index (χ0v) is 13.3. The Morgan fingerprint density at radius 3 is 2.50 bits per heavy atom. The van der Waals surface area contributed by atoms with Crippen molar-refractivity contribution < 1.29 is 5.11 Å². The first kappa shape index (κ1) is 13.9. The van der Waals surface area contributed by atoms with Gasteiger partial charge in [-0.15, -0.1) is 0 Å². The minimum Gasteiger partial charge on any atom is -0.385 e. The van der Waals surface area contributed by atoms with Crippen LogP contribution in [-0.4, -0.2) is 10.7 Å². The molecule has 1 heteroatoms. The third-order valence-electron chi connectivity index (χ3n) is 5.88. The Morgan fingerprint density at radius 2 is 1.95 bits per heavy atom. The lowest BCUT2D eigenvalue weighted by Gasteiger charge is -2.42. The van der Waals surface area contributed by atoms with Crippen molar-refractivity contribution in [2.24, 2.45) is 5.41 Å². The van der Waals surface area contributed by atoms with E-state index < -0.39 is 5.60 Å². The lowest BCUT2D eigenvalue weighted by atomic mass is 9.65. The molecule has 108 valence electrons. The van der Waals surface area contributed by atoms with Crippen molar-refractivity contribution in [1.82, 2.24) is 0 Å². The van der Waals surface area contributed by atoms with Gasteiger partial charge < -0.3 is 5.11 Å². The third kappa shape index (κ3) is 1.53. The van der Waals surface area contributed by atoms with Gasteiger partial charge in [-0.2, -0.15) is 0 Å². The van der Waals surface area contributed by atoms with Crippen LogP contribution in [-0.2, 0) is 0 Å². The third-order valence-corrected chi connectivity index (χ3v) is 5.88. The van der Waals surface area contributed by atoms with Gasteiger partial charge in [0.05, 0.1) is 5.60 Å². The van der Waals surface area contributed by atoms with Crippen LogP contribution in [0.5, 0.6) is 0 Å². The lowest BCUT2D eigenvalue weighted by molar-refractivity contribution is 0.0363. The van der Waals surface area contributed by atoms with E-state index in [2.05, 4.69) is 33.4 Å². The van der Waals surface area contributed by atoms with Crippen LogP contribution in [0.25, 0.3) is 0 Å². The van der Waals surface area contributed by atoms with Crippen molar-refractivity contribution in [1.29, 1.82) is 0 Å². The Hall–Kier alpha value is -1.08. The fourth-order valence-corrected chi connectivity index (χ4v) is 4.22. The second-order valence-corrected chi connectivity index (χ2v) is 6.96. The minimum absolute atomic E-state index is 0.0289. The van der Waals surface area contributed by atoms with Gasteiger partial charge in [0, 0.05) is 5.41 Å². The largest absolute Gasteiger partial charge is 0.385 e. The van der Waals surface area contributed by atoms with Crippen molar-refractivity contribution in [2.45, 2.75) is 65.4 Å². The molecule has 1 nitrogen and oxygen atoms in total. The van der Waals surface area contributed by atoms with E-state index in [9.17, 15) is 5.11 Å². The average molecular weight is 270 g/mol. The predicted octanol–water partition coefficient (Wildman–Crippen LogP) is 4.85. The maximum atomic E-state index is 11.0. The monoisotopic (exact) mass is 270 g/mol. The second-order valence-electron chi connectivity index (χ2n) is 6.96. The van der Waals surface area contributed by atoms with Gasteiger partial charge in [0.2, 0.25) is 0 Å². The van der Waals surface area contributed by atoms with Gasteiger partial charge in [-0.1, -0.05) is 31.6 Å². The molecule has 3 aliphatic carbocycles. The molecule has 0 aromatic rings. The minimum atomic E-state index is -0.771. The van der Waals surface area contributed by atoms with E-state index in [4.69, 9.17) is 0 Å². The summed E-state index contributed by atoms with van der Waals surface area (Å²) in [5.74, 6) is 0. The van der Waals surface area contributed by atoms with Crippen LogP contribution in [0.3, 0.4) is 0 Å². The van der Waals surface area contributed by atoms with Crippen molar-refractivity contribution in [2.75, 3.05) is 0 Å². The molecule has 1 spiro atoms. The molecule has 0 amide bonds. The maximum Gasteiger partial charge on any atom is 0.0961 e. The zero-order chi connectivity index (χ0) is 14.7. The summed E-state index contributed by atoms with van der Waals surface area (Å²) in [4.78, 5) is 0. The molecule has 0 bridgehead atoms. The van der Waals surface area contributed by atoms with E-state index in [1.807, 2.05) is 6.92 Å². The molecular weight excluding hydrogens is 244 g/mol. The molecule has 20 heavy (non-hydrogen) atoms. The van der Waals surface area contributed by atoms with Crippen molar-refractivity contribution in [3.8, 4) is 0 Å². The average Bonchev–Trinajstić information content (AvgIpc) is 3.14. The Bertz CT molecular complexity index is 577. The topological polar surface area (TPSA) is 20.2 Å². The smallest absolute Gasteiger partial charge is 0.0961 e. The van der Waals surface area contributed by atoms with Crippen LogP contribution in [0, 0.1) is 5.41 Å². The molecule has 0 radical (unpaired) electrons. The number of hydrogen-bond donors (Lipinski definition) is 1. The van der Waals surface area contributed by atoms with E-state index >= 15 is 0 Å². The maximum absolute atomic E-state index is 11.0. The molecule has 3 aliphatic rings. The van der Waals surface area contributed by atoms with Gasteiger partial charge in [-0.25, -0.2) is 0 Å². The van der Waals surface area contributed by atoms with Gasteiger partial charge in [0.1, 0.15) is 0 Å². The van der Waals surface area contributed by atoms with Gasteiger partial charge >= 0.3 is 0 Å². The molecule has 0 aromatic heterocycles. The SMILES string of the molecule is C=C1C2=CC(C)=C(CCCC)C2=C(C)C2(CC2)[C@@]1(C)O. The van der Waals surface area contributed by atoms with Crippen LogP contribution in [0.1, 0.15) is 59.8 Å². The quantitative estimate of drug-likeness (QED) is 0.777. The lowest BCUT2D eigenvalue weighted by Crippen LogP contribution is -2.43. The predicted molar refractivity (Wildman–Crippen MR) is 84.4 cm³/mol. The summed E-state index contributed by atoms with van der Waals surface area (Å²) in [5, 5.41) is 11.0. The van der Waals surface area contributed by atoms with E-state index in [1.165, 1.54) is 40.7 Å². The van der Waals surface area contributed by atoms with Crippen LogP contribution in [0.15, 0.2) is 46.1 Å². The van der Waals surface area contributed by atoms with Gasteiger partial charge in [0.15, 0.2) is 0 Å². The molecule has 0 aromatic carbocycles. The van der Waals surface area contributed by atoms with Crippen LogP contribution in [0.2, 0.25) is 0 Å². The Labute approximate surface area is 122 Å². The highest BCUT2D eigenvalue weighted by molar-refractivity contribution is 5.72. The fraction of sp³-hybridized carbons (Fsp3) is 0.579. The van der Waals surface area contributed by atoms with Crippen LogP contribution >= 0.6 is 0 Å². The molecule has 1 atom stereocenters. The van der Waals surface area contributed by atoms with E-state index in [1.54, 1.807) is 0 Å². The molecular formula is C19H26O. The summed E-state index contributed by atoms with van der Waals surface area (Å²) >= 11 is 0. The first-order valence-corrected chi connectivity index (χ1v) is 7.92. The fourth-order valence-electron chi connectivity index (χ4n) is 4.22. The molecule has 0 aliphatic heterocycles. The number of aliphatic hydroxyl groups is 1. The molecule has 1 saturated carbocycles. The first-order chi connectivity index (χ1) is 9.37. The highest BCUT2D eigenvalue weighted by Gasteiger charge is 2.62. The number of hydrogen-bond acceptors (Lipinski definition) is 1. The molecule has 0 saturated heterocycles. The summed E-state index contributed by atoms with van der Waals surface area (Å²) in [6, 6.07) is 0. The van der Waals surface area contributed by atoms with E-state index in [-0.39, 0.29) is 5.41 Å². The highest BCUT2D eigenvalue weighted by Crippen LogP contribution is 2.67. The van der Waals surface area contributed by atoms with Crippen LogP contribution in [0.4, 0.5) is 0 Å². The number of fused-ring (bicyclic) bond motifs is 1. The van der Waals surface area contributed by atoms with Crippen molar-refractivity contribution in [3.05, 3.63) is 46.1 Å². The summed E-state index contributed by atoms with van der Waals surface area (Å²) in [6.07, 6.45) is 8.06. The summed E-state index contributed by atoms with van der Waals surface area (Å²) < 4.78 is 0. The highest BCUT2D eigenvalue weighted by atomic mass is 16.3. The summed E-state index contributed by atoms with van der Waals surface area (Å²) in [6.45, 7) is 12.9. The number of unbranched alkanes of at least 4 members (excludes halogenated alkanes) is 1. The Morgan fingerprint density at radius 1 is 1.30 bits per heavy atom. The van der Waals surface area contributed by atoms with Gasteiger partial charge in [-0.05, 0) is 74.3 Å². The van der Waals surface area contributed by atoms with E-state index in [0.717, 1.165) is 24.8 Å². The Kier molecular flexibility index (Phi) is 2.92.